The van der Waals surface area contributed by atoms with Crippen LogP contribution in [0.2, 0.25) is 0 Å². The van der Waals surface area contributed by atoms with Gasteiger partial charge in [0, 0.05) is 6.04 Å². The maximum atomic E-state index is 12.2. The molecule has 0 aliphatic carbocycles. The molecule has 0 aliphatic heterocycles. The van der Waals surface area contributed by atoms with Gasteiger partial charge < -0.3 is 15.2 Å². The van der Waals surface area contributed by atoms with Crippen LogP contribution in [0.4, 0.5) is 0 Å². The molecule has 0 bridgehead atoms. The Bertz CT molecular complexity index is 427. The van der Waals surface area contributed by atoms with Gasteiger partial charge in [0.1, 0.15) is 11.5 Å². The number of methoxy groups -OCH3 is 1. The number of carbonyl (C=O) groups excluding carboxylic acids is 1. The highest BCUT2D eigenvalue weighted by atomic mass is 16.5. The summed E-state index contributed by atoms with van der Waals surface area (Å²) in [6.45, 7) is 6.21. The van der Waals surface area contributed by atoms with E-state index >= 15 is 0 Å². The van der Waals surface area contributed by atoms with Crippen molar-refractivity contribution in [2.75, 3.05) is 7.11 Å². The molecule has 2 N–H and O–H groups in total. The molecule has 1 amide bonds. The smallest absolute Gasteiger partial charge is 0.255 e. The second-order valence-electron chi connectivity index (χ2n) is 4.72. The molecule has 1 rings (SSSR count). The highest BCUT2D eigenvalue weighted by molar-refractivity contribution is 5.97. The molecule has 0 fully saturated rings. The van der Waals surface area contributed by atoms with Crippen molar-refractivity contribution in [2.24, 2.45) is 5.92 Å². The van der Waals surface area contributed by atoms with Crippen LogP contribution in [-0.4, -0.2) is 24.2 Å². The molecule has 0 radical (unpaired) electrons. The Morgan fingerprint density at radius 2 is 2.00 bits per heavy atom. The summed E-state index contributed by atoms with van der Waals surface area (Å²) in [6.07, 6.45) is 2.03. The third-order valence-corrected chi connectivity index (χ3v) is 3.56. The summed E-state index contributed by atoms with van der Waals surface area (Å²) in [5.74, 6) is 0.695. The maximum Gasteiger partial charge on any atom is 0.255 e. The number of ether oxygens (including phenoxy) is 1. The van der Waals surface area contributed by atoms with E-state index in [1.165, 1.54) is 13.2 Å². The molecule has 0 aromatic heterocycles. The largest absolute Gasteiger partial charge is 0.507 e. The molecule has 0 saturated heterocycles. The minimum absolute atomic E-state index is 0.0324. The molecule has 4 heteroatoms. The lowest BCUT2D eigenvalue weighted by atomic mass is 9.95. The van der Waals surface area contributed by atoms with Crippen LogP contribution in [0, 0.1) is 5.92 Å². The third-order valence-electron chi connectivity index (χ3n) is 3.56. The second kappa shape index (κ2) is 7.02. The number of benzene rings is 1. The SMILES string of the molecule is CCC(CC)C(C)NC(=O)c1cc(OC)ccc1O. The first-order chi connectivity index (χ1) is 9.03. The highest BCUT2D eigenvalue weighted by Gasteiger charge is 2.19. The summed E-state index contributed by atoms with van der Waals surface area (Å²) >= 11 is 0. The monoisotopic (exact) mass is 265 g/mol. The van der Waals surface area contributed by atoms with Gasteiger partial charge >= 0.3 is 0 Å². The number of phenols is 1. The van der Waals surface area contributed by atoms with E-state index in [0.717, 1.165) is 12.8 Å². The van der Waals surface area contributed by atoms with Gasteiger partial charge in [-0.1, -0.05) is 26.7 Å². The van der Waals surface area contributed by atoms with Gasteiger partial charge in [-0.25, -0.2) is 0 Å². The van der Waals surface area contributed by atoms with Crippen LogP contribution in [0.25, 0.3) is 0 Å². The zero-order valence-electron chi connectivity index (χ0n) is 12.1. The molecule has 1 aromatic rings. The van der Waals surface area contributed by atoms with E-state index in [1.807, 2.05) is 6.92 Å². The fraction of sp³-hybridized carbons (Fsp3) is 0.533. The molecular formula is C15H23NO3. The highest BCUT2D eigenvalue weighted by Crippen LogP contribution is 2.23. The van der Waals surface area contributed by atoms with Gasteiger partial charge in [0.25, 0.3) is 5.91 Å². The van der Waals surface area contributed by atoms with Crippen LogP contribution >= 0.6 is 0 Å². The number of aromatic hydroxyl groups is 1. The average Bonchev–Trinajstić information content (AvgIpc) is 2.40. The summed E-state index contributed by atoms with van der Waals surface area (Å²) < 4.78 is 5.06. The van der Waals surface area contributed by atoms with Gasteiger partial charge in [-0.15, -0.1) is 0 Å². The average molecular weight is 265 g/mol. The standard InChI is InChI=1S/C15H23NO3/c1-5-11(6-2)10(3)16-15(18)13-9-12(19-4)7-8-14(13)17/h7-11,17H,5-6H2,1-4H3,(H,16,18). The summed E-state index contributed by atoms with van der Waals surface area (Å²) in [4.78, 5) is 12.2. The number of amides is 1. The summed E-state index contributed by atoms with van der Waals surface area (Å²) in [6, 6.07) is 4.71. The van der Waals surface area contributed by atoms with Crippen LogP contribution in [-0.2, 0) is 0 Å². The van der Waals surface area contributed by atoms with Gasteiger partial charge in [-0.3, -0.25) is 4.79 Å². The molecule has 0 heterocycles. The van der Waals surface area contributed by atoms with Crippen molar-refractivity contribution in [3.05, 3.63) is 23.8 Å². The lowest BCUT2D eigenvalue weighted by Gasteiger charge is -2.22. The Kier molecular flexibility index (Phi) is 5.67. The van der Waals surface area contributed by atoms with Crippen molar-refractivity contribution in [1.82, 2.24) is 5.32 Å². The van der Waals surface area contributed by atoms with Crippen molar-refractivity contribution in [3.63, 3.8) is 0 Å². The van der Waals surface area contributed by atoms with E-state index in [-0.39, 0.29) is 23.3 Å². The fourth-order valence-corrected chi connectivity index (χ4v) is 2.22. The minimum atomic E-state index is -0.268. The van der Waals surface area contributed by atoms with E-state index in [0.29, 0.717) is 11.7 Å². The molecule has 4 nitrogen and oxygen atoms in total. The lowest BCUT2D eigenvalue weighted by Crippen LogP contribution is -2.37. The van der Waals surface area contributed by atoms with Crippen molar-refractivity contribution in [2.45, 2.75) is 39.7 Å². The molecule has 1 unspecified atom stereocenters. The molecular weight excluding hydrogens is 242 g/mol. The van der Waals surface area contributed by atoms with E-state index < -0.39 is 0 Å². The van der Waals surface area contributed by atoms with Gasteiger partial charge in [0.05, 0.1) is 12.7 Å². The van der Waals surface area contributed by atoms with Gasteiger partial charge in [-0.2, -0.15) is 0 Å². The fourth-order valence-electron chi connectivity index (χ4n) is 2.22. The first-order valence-corrected chi connectivity index (χ1v) is 6.71. The van der Waals surface area contributed by atoms with Crippen LogP contribution in [0.1, 0.15) is 44.0 Å². The van der Waals surface area contributed by atoms with Crippen molar-refractivity contribution in [3.8, 4) is 11.5 Å². The number of phenolic OH excluding ortho intramolecular Hbond substituents is 1. The number of nitrogens with one attached hydrogen (secondary N) is 1. The predicted octanol–water partition coefficient (Wildman–Crippen LogP) is 2.96. The first-order valence-electron chi connectivity index (χ1n) is 6.71. The van der Waals surface area contributed by atoms with Crippen LogP contribution in [0.5, 0.6) is 11.5 Å². The van der Waals surface area contributed by atoms with Gasteiger partial charge in [-0.05, 0) is 31.0 Å². The quantitative estimate of drug-likeness (QED) is 0.831. The first kappa shape index (κ1) is 15.3. The number of rotatable bonds is 6. The zero-order valence-corrected chi connectivity index (χ0v) is 12.1. The minimum Gasteiger partial charge on any atom is -0.507 e. The summed E-state index contributed by atoms with van der Waals surface area (Å²) in [5, 5.41) is 12.7. The third kappa shape index (κ3) is 3.88. The van der Waals surface area contributed by atoms with Crippen LogP contribution in [0.15, 0.2) is 18.2 Å². The molecule has 106 valence electrons. The Labute approximate surface area is 114 Å². The molecule has 0 spiro atoms. The summed E-state index contributed by atoms with van der Waals surface area (Å²) in [7, 11) is 1.53. The molecule has 1 atom stereocenters. The van der Waals surface area contributed by atoms with E-state index in [2.05, 4.69) is 19.2 Å². The predicted molar refractivity (Wildman–Crippen MR) is 75.7 cm³/mol. The number of carbonyl (C=O) groups is 1. The summed E-state index contributed by atoms with van der Waals surface area (Å²) in [5.41, 5.74) is 0.247. The Hall–Kier alpha value is -1.71. The van der Waals surface area contributed by atoms with E-state index in [1.54, 1.807) is 12.1 Å². The second-order valence-corrected chi connectivity index (χ2v) is 4.72. The Morgan fingerprint density at radius 3 is 2.53 bits per heavy atom. The van der Waals surface area contributed by atoms with Crippen LogP contribution < -0.4 is 10.1 Å². The zero-order chi connectivity index (χ0) is 14.4. The molecule has 0 saturated carbocycles. The number of hydrogen-bond acceptors (Lipinski definition) is 3. The van der Waals surface area contributed by atoms with Crippen molar-refractivity contribution in [1.29, 1.82) is 0 Å². The Balaban J connectivity index is 2.83. The van der Waals surface area contributed by atoms with Crippen molar-refractivity contribution < 1.29 is 14.6 Å². The molecule has 1 aromatic carbocycles. The topological polar surface area (TPSA) is 58.6 Å². The number of hydrogen-bond donors (Lipinski definition) is 2. The van der Waals surface area contributed by atoms with Gasteiger partial charge in [0.15, 0.2) is 0 Å². The van der Waals surface area contributed by atoms with Crippen LogP contribution in [0.3, 0.4) is 0 Å². The normalized spacial score (nSPS) is 12.3. The molecule has 19 heavy (non-hydrogen) atoms. The Morgan fingerprint density at radius 1 is 1.37 bits per heavy atom. The maximum absolute atomic E-state index is 12.2. The molecule has 0 aliphatic rings. The lowest BCUT2D eigenvalue weighted by molar-refractivity contribution is 0.0922. The van der Waals surface area contributed by atoms with Gasteiger partial charge in [0.2, 0.25) is 0 Å². The van der Waals surface area contributed by atoms with Crippen molar-refractivity contribution >= 4 is 5.91 Å². The van der Waals surface area contributed by atoms with E-state index in [4.69, 9.17) is 4.74 Å². The van der Waals surface area contributed by atoms with E-state index in [9.17, 15) is 9.90 Å².